The van der Waals surface area contributed by atoms with Crippen LogP contribution < -0.4 is 21.1 Å². The van der Waals surface area contributed by atoms with E-state index in [0.29, 0.717) is 17.9 Å². The summed E-state index contributed by atoms with van der Waals surface area (Å²) in [5.74, 6) is -1.12. The molecule has 0 radical (unpaired) electrons. The number of urea groups is 1. The first-order valence-electron chi connectivity index (χ1n) is 9.33. The Labute approximate surface area is 164 Å². The Balaban J connectivity index is 1.72. The molecule has 0 spiro atoms. The van der Waals surface area contributed by atoms with Crippen LogP contribution in [-0.2, 0) is 9.59 Å². The maximum atomic E-state index is 12.9. The molecular formula is C21H24N4O3. The van der Waals surface area contributed by atoms with Gasteiger partial charge in [-0.05, 0) is 37.1 Å². The van der Waals surface area contributed by atoms with Gasteiger partial charge < -0.3 is 10.6 Å². The second kappa shape index (κ2) is 8.56. The Morgan fingerprint density at radius 3 is 2.50 bits per heavy atom. The SMILES string of the molecule is CCCNC(=O)CC1C(=O)N(NC(=O)Nc2ccc(C)cc2)c2ccccc21. The molecule has 1 aliphatic heterocycles. The monoisotopic (exact) mass is 380 g/mol. The quantitative estimate of drug-likeness (QED) is 0.719. The molecule has 28 heavy (non-hydrogen) atoms. The van der Waals surface area contributed by atoms with Gasteiger partial charge in [0.1, 0.15) is 0 Å². The van der Waals surface area contributed by atoms with Crippen molar-refractivity contribution in [2.75, 3.05) is 16.9 Å². The maximum Gasteiger partial charge on any atom is 0.338 e. The second-order valence-electron chi connectivity index (χ2n) is 6.77. The van der Waals surface area contributed by atoms with Crippen LogP contribution in [0.1, 0.15) is 36.8 Å². The Morgan fingerprint density at radius 2 is 1.79 bits per heavy atom. The highest BCUT2D eigenvalue weighted by atomic mass is 16.2. The normalized spacial score (nSPS) is 15.1. The second-order valence-corrected chi connectivity index (χ2v) is 6.77. The number of amides is 4. The number of benzene rings is 2. The van der Waals surface area contributed by atoms with Gasteiger partial charge in [-0.2, -0.15) is 0 Å². The number of aryl methyl sites for hydroxylation is 1. The number of nitrogens with one attached hydrogen (secondary N) is 3. The fourth-order valence-electron chi connectivity index (χ4n) is 3.13. The van der Waals surface area contributed by atoms with E-state index in [2.05, 4.69) is 16.1 Å². The smallest absolute Gasteiger partial charge is 0.338 e. The van der Waals surface area contributed by atoms with E-state index in [9.17, 15) is 14.4 Å². The lowest BCUT2D eigenvalue weighted by atomic mass is 9.97. The van der Waals surface area contributed by atoms with Crippen molar-refractivity contribution in [1.82, 2.24) is 10.7 Å². The average Bonchev–Trinajstić information content (AvgIpc) is 2.94. The predicted octanol–water partition coefficient (Wildman–Crippen LogP) is 3.08. The predicted molar refractivity (Wildman–Crippen MR) is 108 cm³/mol. The minimum atomic E-state index is -0.618. The van der Waals surface area contributed by atoms with Crippen molar-refractivity contribution in [3.8, 4) is 0 Å². The molecule has 7 nitrogen and oxygen atoms in total. The molecule has 2 aromatic rings. The Morgan fingerprint density at radius 1 is 1.07 bits per heavy atom. The highest BCUT2D eigenvalue weighted by Gasteiger charge is 2.39. The molecular weight excluding hydrogens is 356 g/mol. The zero-order valence-corrected chi connectivity index (χ0v) is 16.0. The van der Waals surface area contributed by atoms with E-state index in [4.69, 9.17) is 0 Å². The van der Waals surface area contributed by atoms with Crippen molar-refractivity contribution in [2.45, 2.75) is 32.6 Å². The standard InChI is InChI=1S/C21H24N4O3/c1-3-12-22-19(26)13-17-16-6-4-5-7-18(16)25(20(17)27)24-21(28)23-15-10-8-14(2)9-11-15/h4-11,17H,3,12-13H2,1-2H3,(H,22,26)(H2,23,24,28). The van der Waals surface area contributed by atoms with Gasteiger partial charge in [0.2, 0.25) is 5.91 Å². The number of rotatable bonds is 6. The minimum Gasteiger partial charge on any atom is -0.356 e. The maximum absolute atomic E-state index is 12.9. The van der Waals surface area contributed by atoms with Gasteiger partial charge in [-0.1, -0.05) is 42.8 Å². The third-order valence-corrected chi connectivity index (χ3v) is 4.56. The van der Waals surface area contributed by atoms with E-state index in [1.54, 1.807) is 24.3 Å². The van der Waals surface area contributed by atoms with Crippen LogP contribution in [0.25, 0.3) is 0 Å². The van der Waals surface area contributed by atoms with Crippen molar-refractivity contribution < 1.29 is 14.4 Å². The lowest BCUT2D eigenvalue weighted by Crippen LogP contribution is -2.47. The molecule has 0 aliphatic carbocycles. The summed E-state index contributed by atoms with van der Waals surface area (Å²) in [5.41, 5.74) is 5.62. The van der Waals surface area contributed by atoms with E-state index < -0.39 is 11.9 Å². The van der Waals surface area contributed by atoms with Gasteiger partial charge in [-0.25, -0.2) is 15.2 Å². The largest absolute Gasteiger partial charge is 0.356 e. The topological polar surface area (TPSA) is 90.5 Å². The van der Waals surface area contributed by atoms with Crippen molar-refractivity contribution in [2.24, 2.45) is 0 Å². The van der Waals surface area contributed by atoms with Crippen molar-refractivity contribution in [3.63, 3.8) is 0 Å². The average molecular weight is 380 g/mol. The summed E-state index contributed by atoms with van der Waals surface area (Å²) in [6.45, 7) is 4.50. The molecule has 3 rings (SSSR count). The molecule has 0 bridgehead atoms. The lowest BCUT2D eigenvalue weighted by Gasteiger charge is -2.19. The zero-order chi connectivity index (χ0) is 20.1. The van der Waals surface area contributed by atoms with Crippen LogP contribution >= 0.6 is 0 Å². The summed E-state index contributed by atoms with van der Waals surface area (Å²) >= 11 is 0. The van der Waals surface area contributed by atoms with Gasteiger partial charge in [0.05, 0.1) is 11.6 Å². The summed E-state index contributed by atoms with van der Waals surface area (Å²) in [6, 6.07) is 14.0. The molecule has 146 valence electrons. The van der Waals surface area contributed by atoms with Gasteiger partial charge in [0, 0.05) is 18.7 Å². The Hall–Kier alpha value is -3.35. The number of hydrogen-bond acceptors (Lipinski definition) is 3. The molecule has 0 saturated heterocycles. The first-order chi connectivity index (χ1) is 13.5. The van der Waals surface area contributed by atoms with E-state index in [1.807, 2.05) is 38.1 Å². The molecule has 3 N–H and O–H groups in total. The van der Waals surface area contributed by atoms with Crippen molar-refractivity contribution in [3.05, 3.63) is 59.7 Å². The van der Waals surface area contributed by atoms with Crippen LogP contribution in [0.4, 0.5) is 16.2 Å². The van der Waals surface area contributed by atoms with Gasteiger partial charge in [0.15, 0.2) is 0 Å². The molecule has 7 heteroatoms. The van der Waals surface area contributed by atoms with Crippen LogP contribution in [-0.4, -0.2) is 24.4 Å². The first-order valence-corrected chi connectivity index (χ1v) is 9.33. The Kier molecular flexibility index (Phi) is 5.93. The number of para-hydroxylation sites is 1. The number of nitrogens with zero attached hydrogens (tertiary/aromatic N) is 1. The Bertz CT molecular complexity index is 879. The van der Waals surface area contributed by atoms with E-state index in [0.717, 1.165) is 17.5 Å². The molecule has 0 saturated carbocycles. The minimum absolute atomic E-state index is 0.0492. The molecule has 0 aromatic heterocycles. The molecule has 1 unspecified atom stereocenters. The molecule has 0 fully saturated rings. The third-order valence-electron chi connectivity index (χ3n) is 4.56. The number of anilines is 2. The highest BCUT2D eigenvalue weighted by molar-refractivity contribution is 6.08. The van der Waals surface area contributed by atoms with E-state index >= 15 is 0 Å². The van der Waals surface area contributed by atoms with Crippen molar-refractivity contribution >= 4 is 29.2 Å². The summed E-state index contributed by atoms with van der Waals surface area (Å²) in [5, 5.41) is 6.72. The molecule has 4 amide bonds. The van der Waals surface area contributed by atoms with Crippen LogP contribution in [0, 0.1) is 6.92 Å². The van der Waals surface area contributed by atoms with Gasteiger partial charge in [0.25, 0.3) is 5.91 Å². The summed E-state index contributed by atoms with van der Waals surface area (Å²) in [6.07, 6.45) is 0.876. The zero-order valence-electron chi connectivity index (χ0n) is 16.0. The van der Waals surface area contributed by atoms with Crippen LogP contribution in [0.2, 0.25) is 0 Å². The molecule has 1 aliphatic rings. The summed E-state index contributed by atoms with van der Waals surface area (Å²) < 4.78 is 0. The molecule has 2 aromatic carbocycles. The van der Waals surface area contributed by atoms with Gasteiger partial charge in [-0.3, -0.25) is 9.59 Å². The van der Waals surface area contributed by atoms with Gasteiger partial charge in [-0.15, -0.1) is 0 Å². The highest BCUT2D eigenvalue weighted by Crippen LogP contribution is 2.37. The summed E-state index contributed by atoms with van der Waals surface area (Å²) in [7, 11) is 0. The molecule has 1 heterocycles. The number of carbonyl (C=O) groups excluding carboxylic acids is 3. The van der Waals surface area contributed by atoms with Crippen LogP contribution in [0.15, 0.2) is 48.5 Å². The van der Waals surface area contributed by atoms with Crippen LogP contribution in [0.5, 0.6) is 0 Å². The number of hydrazine groups is 1. The van der Waals surface area contributed by atoms with Crippen LogP contribution in [0.3, 0.4) is 0 Å². The number of hydrogen-bond donors (Lipinski definition) is 3. The summed E-state index contributed by atoms with van der Waals surface area (Å²) in [4.78, 5) is 37.4. The lowest BCUT2D eigenvalue weighted by molar-refractivity contribution is -0.126. The fraction of sp³-hybridized carbons (Fsp3) is 0.286. The van der Waals surface area contributed by atoms with Gasteiger partial charge >= 0.3 is 6.03 Å². The van der Waals surface area contributed by atoms with Crippen molar-refractivity contribution in [1.29, 1.82) is 0 Å². The van der Waals surface area contributed by atoms with E-state index in [-0.39, 0.29) is 18.2 Å². The first kappa shape index (κ1) is 19.4. The third kappa shape index (κ3) is 4.31. The molecule has 1 atom stereocenters. The number of carbonyl (C=O) groups is 3. The number of fused-ring (bicyclic) bond motifs is 1. The fourth-order valence-corrected chi connectivity index (χ4v) is 3.13. The van der Waals surface area contributed by atoms with E-state index in [1.165, 1.54) is 5.01 Å².